The zero-order chi connectivity index (χ0) is 17.5. The number of sulfone groups is 1. The average Bonchev–Trinajstić information content (AvgIpc) is 3.10. The summed E-state index contributed by atoms with van der Waals surface area (Å²) >= 11 is 0. The Morgan fingerprint density at radius 1 is 1.21 bits per heavy atom. The van der Waals surface area contributed by atoms with Crippen LogP contribution < -0.4 is 0 Å². The summed E-state index contributed by atoms with van der Waals surface area (Å²) in [6.45, 7) is 4.59. The van der Waals surface area contributed by atoms with Crippen LogP contribution in [0.3, 0.4) is 0 Å². The highest BCUT2D eigenvalue weighted by molar-refractivity contribution is 7.91. The highest BCUT2D eigenvalue weighted by Gasteiger charge is 2.49. The van der Waals surface area contributed by atoms with E-state index in [0.717, 1.165) is 0 Å². The van der Waals surface area contributed by atoms with Crippen LogP contribution in [0.5, 0.6) is 0 Å². The van der Waals surface area contributed by atoms with E-state index in [1.165, 1.54) is 6.26 Å². The molecule has 2 atom stereocenters. The minimum atomic E-state index is -3.28. The molecule has 2 aliphatic rings. The van der Waals surface area contributed by atoms with Crippen molar-refractivity contribution in [3.8, 4) is 0 Å². The van der Waals surface area contributed by atoms with Gasteiger partial charge in [-0.05, 0) is 18.1 Å². The standard InChI is InChI=1S/C16H22N2O5S/c1-11(2)8-15(19)17-5-6-18(16(20)14-4-3-7-23-14)13-10-24(21,22)9-12(13)17/h3-4,7,11-13H,5-6,8-10H2,1-2H3. The number of piperazine rings is 1. The van der Waals surface area contributed by atoms with E-state index in [1.807, 2.05) is 13.8 Å². The Balaban J connectivity index is 1.85. The fraction of sp³-hybridized carbons (Fsp3) is 0.625. The maximum Gasteiger partial charge on any atom is 0.289 e. The van der Waals surface area contributed by atoms with Gasteiger partial charge in [0.25, 0.3) is 5.91 Å². The van der Waals surface area contributed by atoms with E-state index in [2.05, 4.69) is 0 Å². The summed E-state index contributed by atoms with van der Waals surface area (Å²) < 4.78 is 29.4. The summed E-state index contributed by atoms with van der Waals surface area (Å²) in [6, 6.07) is 2.22. The molecule has 2 saturated heterocycles. The second-order valence-corrected chi connectivity index (χ2v) is 9.03. The van der Waals surface area contributed by atoms with E-state index >= 15 is 0 Å². The third-order valence-electron chi connectivity index (χ3n) is 4.57. The molecule has 0 N–H and O–H groups in total. The molecule has 0 aliphatic carbocycles. The summed E-state index contributed by atoms with van der Waals surface area (Å²) in [5, 5.41) is 0. The van der Waals surface area contributed by atoms with Gasteiger partial charge in [-0.2, -0.15) is 0 Å². The van der Waals surface area contributed by atoms with Gasteiger partial charge in [-0.15, -0.1) is 0 Å². The van der Waals surface area contributed by atoms with Gasteiger partial charge in [0.15, 0.2) is 15.6 Å². The molecule has 1 aromatic rings. The lowest BCUT2D eigenvalue weighted by Gasteiger charge is -2.43. The van der Waals surface area contributed by atoms with Crippen molar-refractivity contribution in [2.75, 3.05) is 24.6 Å². The Labute approximate surface area is 141 Å². The smallest absolute Gasteiger partial charge is 0.289 e. The Morgan fingerprint density at radius 3 is 2.42 bits per heavy atom. The molecular formula is C16H22N2O5S. The van der Waals surface area contributed by atoms with Crippen LogP contribution in [0.2, 0.25) is 0 Å². The quantitative estimate of drug-likeness (QED) is 0.800. The second-order valence-electron chi connectivity index (χ2n) is 6.87. The Morgan fingerprint density at radius 2 is 1.83 bits per heavy atom. The number of hydrogen-bond donors (Lipinski definition) is 0. The lowest BCUT2D eigenvalue weighted by Crippen LogP contribution is -2.62. The van der Waals surface area contributed by atoms with E-state index in [4.69, 9.17) is 4.42 Å². The van der Waals surface area contributed by atoms with Crippen LogP contribution in [0.4, 0.5) is 0 Å². The van der Waals surface area contributed by atoms with Crippen molar-refractivity contribution in [2.24, 2.45) is 5.92 Å². The van der Waals surface area contributed by atoms with Crippen molar-refractivity contribution < 1.29 is 22.4 Å². The van der Waals surface area contributed by atoms with Crippen molar-refractivity contribution in [1.29, 1.82) is 0 Å². The molecule has 2 aliphatic heterocycles. The van der Waals surface area contributed by atoms with Crippen LogP contribution in [0.25, 0.3) is 0 Å². The van der Waals surface area contributed by atoms with Crippen LogP contribution in [0.15, 0.2) is 22.8 Å². The van der Waals surface area contributed by atoms with Crippen LogP contribution in [0, 0.1) is 5.92 Å². The highest BCUT2D eigenvalue weighted by atomic mass is 32.2. The minimum Gasteiger partial charge on any atom is -0.459 e. The number of furan rings is 1. The van der Waals surface area contributed by atoms with E-state index in [-0.39, 0.29) is 35.0 Å². The predicted octanol–water partition coefficient (Wildman–Crippen LogP) is 0.776. The van der Waals surface area contributed by atoms with E-state index in [9.17, 15) is 18.0 Å². The molecule has 132 valence electrons. The van der Waals surface area contributed by atoms with Crippen LogP contribution >= 0.6 is 0 Å². The van der Waals surface area contributed by atoms with Crippen LogP contribution in [0.1, 0.15) is 30.8 Å². The van der Waals surface area contributed by atoms with Crippen molar-refractivity contribution in [3.05, 3.63) is 24.2 Å². The predicted molar refractivity (Wildman–Crippen MR) is 87.1 cm³/mol. The number of rotatable bonds is 3. The van der Waals surface area contributed by atoms with Crippen molar-refractivity contribution in [1.82, 2.24) is 9.80 Å². The molecule has 7 nitrogen and oxygen atoms in total. The monoisotopic (exact) mass is 354 g/mol. The molecule has 3 rings (SSSR count). The Bertz CT molecular complexity index is 726. The first kappa shape index (κ1) is 17.0. The van der Waals surface area contributed by atoms with Gasteiger partial charge < -0.3 is 14.2 Å². The maximum atomic E-state index is 12.6. The van der Waals surface area contributed by atoms with Gasteiger partial charge >= 0.3 is 0 Å². The minimum absolute atomic E-state index is 0.0396. The summed E-state index contributed by atoms with van der Waals surface area (Å²) in [5.74, 6) is -0.138. The SMILES string of the molecule is CC(C)CC(=O)N1CCN(C(=O)c2ccco2)C2CS(=O)(=O)CC21. The van der Waals surface area contributed by atoms with E-state index < -0.39 is 21.9 Å². The fourth-order valence-electron chi connectivity index (χ4n) is 3.52. The van der Waals surface area contributed by atoms with Crippen molar-refractivity contribution in [3.63, 3.8) is 0 Å². The first-order chi connectivity index (χ1) is 11.3. The molecule has 2 fully saturated rings. The molecule has 2 unspecified atom stereocenters. The van der Waals surface area contributed by atoms with Gasteiger partial charge in [-0.25, -0.2) is 8.42 Å². The van der Waals surface area contributed by atoms with Crippen LogP contribution in [-0.4, -0.2) is 66.7 Å². The normalized spacial score (nSPS) is 25.8. The number of carbonyl (C=O) groups excluding carboxylic acids is 2. The van der Waals surface area contributed by atoms with Gasteiger partial charge in [0.05, 0.1) is 29.9 Å². The molecule has 2 amide bonds. The van der Waals surface area contributed by atoms with E-state index in [1.54, 1.807) is 21.9 Å². The number of nitrogens with zero attached hydrogens (tertiary/aromatic N) is 2. The summed E-state index contributed by atoms with van der Waals surface area (Å²) in [7, 11) is -3.28. The lowest BCUT2D eigenvalue weighted by molar-refractivity contribution is -0.137. The number of amides is 2. The first-order valence-electron chi connectivity index (χ1n) is 8.13. The second kappa shape index (κ2) is 6.23. The molecular weight excluding hydrogens is 332 g/mol. The maximum absolute atomic E-state index is 12.6. The number of hydrogen-bond acceptors (Lipinski definition) is 5. The van der Waals surface area contributed by atoms with Crippen molar-refractivity contribution in [2.45, 2.75) is 32.4 Å². The number of fused-ring (bicyclic) bond motifs is 1. The van der Waals surface area contributed by atoms with Gasteiger partial charge in [-0.3, -0.25) is 9.59 Å². The molecule has 0 spiro atoms. The fourth-order valence-corrected chi connectivity index (χ4v) is 5.50. The Kier molecular flexibility index (Phi) is 4.42. The molecule has 0 saturated carbocycles. The van der Waals surface area contributed by atoms with Gasteiger partial charge in [-0.1, -0.05) is 13.8 Å². The molecule has 0 bridgehead atoms. The summed E-state index contributed by atoms with van der Waals surface area (Å²) in [4.78, 5) is 28.3. The summed E-state index contributed by atoms with van der Waals surface area (Å²) in [6.07, 6.45) is 1.80. The zero-order valence-electron chi connectivity index (χ0n) is 13.8. The molecule has 0 radical (unpaired) electrons. The van der Waals surface area contributed by atoms with Crippen molar-refractivity contribution >= 4 is 21.7 Å². The molecule has 3 heterocycles. The molecule has 0 aromatic carbocycles. The molecule has 8 heteroatoms. The third-order valence-corrected chi connectivity index (χ3v) is 6.27. The lowest BCUT2D eigenvalue weighted by atomic mass is 10.0. The Hall–Kier alpha value is -1.83. The third kappa shape index (κ3) is 3.19. The number of carbonyl (C=O) groups is 2. The topological polar surface area (TPSA) is 87.9 Å². The highest BCUT2D eigenvalue weighted by Crippen LogP contribution is 2.29. The molecule has 24 heavy (non-hydrogen) atoms. The zero-order valence-corrected chi connectivity index (χ0v) is 14.7. The largest absolute Gasteiger partial charge is 0.459 e. The van der Waals surface area contributed by atoms with Gasteiger partial charge in [0.2, 0.25) is 5.91 Å². The van der Waals surface area contributed by atoms with Gasteiger partial charge in [0, 0.05) is 19.5 Å². The van der Waals surface area contributed by atoms with Gasteiger partial charge in [0.1, 0.15) is 0 Å². The van der Waals surface area contributed by atoms with Crippen LogP contribution in [-0.2, 0) is 14.6 Å². The summed E-state index contributed by atoms with van der Waals surface area (Å²) in [5.41, 5.74) is 0. The average molecular weight is 354 g/mol. The molecule has 1 aromatic heterocycles. The van der Waals surface area contributed by atoms with E-state index in [0.29, 0.717) is 19.5 Å². The first-order valence-corrected chi connectivity index (χ1v) is 9.95.